The summed E-state index contributed by atoms with van der Waals surface area (Å²) < 4.78 is 26.9. The van der Waals surface area contributed by atoms with Gasteiger partial charge in [0.15, 0.2) is 0 Å². The second-order valence-corrected chi connectivity index (χ2v) is 6.91. The summed E-state index contributed by atoms with van der Waals surface area (Å²) in [6, 6.07) is 5.13. The molecule has 0 aliphatic rings. The molecule has 3 N–H and O–H groups in total. The van der Waals surface area contributed by atoms with Gasteiger partial charge in [-0.3, -0.25) is 9.59 Å². The lowest BCUT2D eigenvalue weighted by Gasteiger charge is -2.10. The van der Waals surface area contributed by atoms with Gasteiger partial charge in [0.1, 0.15) is 0 Å². The van der Waals surface area contributed by atoms with Crippen molar-refractivity contribution in [1.82, 2.24) is 15.4 Å². The van der Waals surface area contributed by atoms with Crippen LogP contribution < -0.4 is 15.4 Å². The molecule has 1 aromatic carbocycles. The SMILES string of the molecule is C#CCNC(=O)CNC(=O)CCNS(=O)(=O)c1cc(C)ccc1C. The van der Waals surface area contributed by atoms with Gasteiger partial charge in [-0.25, -0.2) is 13.1 Å². The second-order valence-electron chi connectivity index (χ2n) is 5.17. The van der Waals surface area contributed by atoms with Crippen LogP contribution in [0.4, 0.5) is 0 Å². The molecule has 0 fully saturated rings. The predicted octanol–water partition coefficient (Wildman–Crippen LogP) is -0.163. The minimum Gasteiger partial charge on any atom is -0.347 e. The number of rotatable bonds is 8. The summed E-state index contributed by atoms with van der Waals surface area (Å²) in [4.78, 5) is 23.1. The molecule has 130 valence electrons. The van der Waals surface area contributed by atoms with Crippen molar-refractivity contribution in [3.63, 3.8) is 0 Å². The van der Waals surface area contributed by atoms with Gasteiger partial charge in [-0.05, 0) is 31.0 Å². The van der Waals surface area contributed by atoms with Gasteiger partial charge in [0, 0.05) is 13.0 Å². The number of sulfonamides is 1. The Labute approximate surface area is 142 Å². The number of hydrogen-bond acceptors (Lipinski definition) is 4. The van der Waals surface area contributed by atoms with Crippen LogP contribution in [-0.4, -0.2) is 39.9 Å². The number of aryl methyl sites for hydroxylation is 2. The van der Waals surface area contributed by atoms with Crippen molar-refractivity contribution in [2.45, 2.75) is 25.2 Å². The molecule has 0 aliphatic heterocycles. The van der Waals surface area contributed by atoms with Crippen molar-refractivity contribution < 1.29 is 18.0 Å². The number of carbonyl (C=O) groups is 2. The zero-order valence-electron chi connectivity index (χ0n) is 13.7. The zero-order chi connectivity index (χ0) is 18.2. The van der Waals surface area contributed by atoms with Gasteiger partial charge >= 0.3 is 0 Å². The summed E-state index contributed by atoms with van der Waals surface area (Å²) >= 11 is 0. The Morgan fingerprint density at radius 3 is 2.54 bits per heavy atom. The number of amides is 2. The average Bonchev–Trinajstić information content (AvgIpc) is 2.52. The van der Waals surface area contributed by atoms with Crippen LogP contribution in [0.5, 0.6) is 0 Å². The number of hydrogen-bond donors (Lipinski definition) is 3. The Hall–Kier alpha value is -2.37. The fourth-order valence-electron chi connectivity index (χ4n) is 1.85. The largest absolute Gasteiger partial charge is 0.347 e. The van der Waals surface area contributed by atoms with E-state index in [0.29, 0.717) is 5.56 Å². The number of terminal acetylenes is 1. The van der Waals surface area contributed by atoms with Crippen molar-refractivity contribution >= 4 is 21.8 Å². The summed E-state index contributed by atoms with van der Waals surface area (Å²) in [7, 11) is -3.68. The van der Waals surface area contributed by atoms with Crippen molar-refractivity contribution in [3.8, 4) is 12.3 Å². The average molecular weight is 351 g/mol. The van der Waals surface area contributed by atoms with Crippen LogP contribution in [0.3, 0.4) is 0 Å². The molecule has 0 spiro atoms. The van der Waals surface area contributed by atoms with Gasteiger partial charge in [-0.1, -0.05) is 18.1 Å². The van der Waals surface area contributed by atoms with E-state index in [0.717, 1.165) is 5.56 Å². The molecular formula is C16H21N3O4S. The van der Waals surface area contributed by atoms with Gasteiger partial charge in [-0.15, -0.1) is 6.42 Å². The van der Waals surface area contributed by atoms with Crippen LogP contribution in [0.15, 0.2) is 23.1 Å². The maximum Gasteiger partial charge on any atom is 0.240 e. The standard InChI is InChI=1S/C16H21N3O4S/c1-4-8-17-16(21)11-18-15(20)7-9-19-24(22,23)14-10-12(2)5-6-13(14)3/h1,5-6,10,19H,7-9,11H2,2-3H3,(H,17,21)(H,18,20). The van der Waals surface area contributed by atoms with Crippen LogP contribution in [0, 0.1) is 26.2 Å². The third-order valence-corrected chi connectivity index (χ3v) is 4.71. The Bertz CT molecular complexity index is 751. The van der Waals surface area contributed by atoms with Gasteiger partial charge in [0.25, 0.3) is 0 Å². The Balaban J connectivity index is 2.46. The zero-order valence-corrected chi connectivity index (χ0v) is 14.5. The Morgan fingerprint density at radius 1 is 1.17 bits per heavy atom. The van der Waals surface area contributed by atoms with Gasteiger partial charge in [0.2, 0.25) is 21.8 Å². The molecule has 0 aliphatic carbocycles. The lowest BCUT2D eigenvalue weighted by atomic mass is 10.2. The monoisotopic (exact) mass is 351 g/mol. The quantitative estimate of drug-likeness (QED) is 0.566. The van der Waals surface area contributed by atoms with E-state index in [2.05, 4.69) is 21.3 Å². The van der Waals surface area contributed by atoms with Crippen molar-refractivity contribution in [2.75, 3.05) is 19.6 Å². The summed E-state index contributed by atoms with van der Waals surface area (Å²) in [5.41, 5.74) is 1.46. The molecule has 0 radical (unpaired) electrons. The molecule has 0 unspecified atom stereocenters. The topological polar surface area (TPSA) is 104 Å². The molecule has 0 aromatic heterocycles. The van der Waals surface area contributed by atoms with E-state index in [1.165, 1.54) is 0 Å². The third kappa shape index (κ3) is 6.40. The molecule has 0 atom stereocenters. The lowest BCUT2D eigenvalue weighted by Crippen LogP contribution is -2.38. The van der Waals surface area contributed by atoms with Crippen LogP contribution in [0.1, 0.15) is 17.5 Å². The van der Waals surface area contributed by atoms with Gasteiger partial charge in [-0.2, -0.15) is 0 Å². The molecule has 0 saturated carbocycles. The molecule has 0 saturated heterocycles. The summed E-state index contributed by atoms with van der Waals surface area (Å²) in [6.07, 6.45) is 4.91. The van der Waals surface area contributed by atoms with Crippen LogP contribution in [-0.2, 0) is 19.6 Å². The molecular weight excluding hydrogens is 330 g/mol. The van der Waals surface area contributed by atoms with E-state index < -0.39 is 21.8 Å². The highest BCUT2D eigenvalue weighted by Gasteiger charge is 2.17. The Morgan fingerprint density at radius 2 is 1.88 bits per heavy atom. The van der Waals surface area contributed by atoms with Crippen molar-refractivity contribution in [1.29, 1.82) is 0 Å². The minimum absolute atomic E-state index is 0.0620. The molecule has 24 heavy (non-hydrogen) atoms. The molecule has 0 heterocycles. The highest BCUT2D eigenvalue weighted by atomic mass is 32.2. The summed E-state index contributed by atoms with van der Waals surface area (Å²) in [5.74, 6) is 1.40. The summed E-state index contributed by atoms with van der Waals surface area (Å²) in [5, 5.41) is 4.78. The predicted molar refractivity (Wildman–Crippen MR) is 90.6 cm³/mol. The fraction of sp³-hybridized carbons (Fsp3) is 0.375. The number of benzene rings is 1. The van der Waals surface area contributed by atoms with E-state index >= 15 is 0 Å². The van der Waals surface area contributed by atoms with E-state index in [1.54, 1.807) is 26.0 Å². The third-order valence-electron chi connectivity index (χ3n) is 3.11. The molecule has 2 amide bonds. The highest BCUT2D eigenvalue weighted by Crippen LogP contribution is 2.16. The molecule has 8 heteroatoms. The van der Waals surface area contributed by atoms with Crippen LogP contribution in [0.2, 0.25) is 0 Å². The first-order valence-corrected chi connectivity index (χ1v) is 8.78. The Kier molecular flexibility index (Phi) is 7.42. The van der Waals surface area contributed by atoms with Gasteiger partial charge < -0.3 is 10.6 Å². The minimum atomic E-state index is -3.68. The van der Waals surface area contributed by atoms with Crippen LogP contribution >= 0.6 is 0 Å². The molecule has 1 rings (SSSR count). The van der Waals surface area contributed by atoms with E-state index in [9.17, 15) is 18.0 Å². The first kappa shape index (κ1) is 19.7. The van der Waals surface area contributed by atoms with E-state index in [-0.39, 0.29) is 31.0 Å². The lowest BCUT2D eigenvalue weighted by molar-refractivity contribution is -0.125. The smallest absolute Gasteiger partial charge is 0.240 e. The molecule has 7 nitrogen and oxygen atoms in total. The van der Waals surface area contributed by atoms with E-state index in [4.69, 9.17) is 6.42 Å². The maximum atomic E-state index is 12.2. The maximum absolute atomic E-state index is 12.2. The summed E-state index contributed by atoms with van der Waals surface area (Å²) in [6.45, 7) is 3.33. The van der Waals surface area contributed by atoms with E-state index in [1.807, 2.05) is 6.07 Å². The first-order valence-electron chi connectivity index (χ1n) is 7.30. The highest BCUT2D eigenvalue weighted by molar-refractivity contribution is 7.89. The van der Waals surface area contributed by atoms with Crippen molar-refractivity contribution in [3.05, 3.63) is 29.3 Å². The van der Waals surface area contributed by atoms with Crippen molar-refractivity contribution in [2.24, 2.45) is 0 Å². The molecule has 0 bridgehead atoms. The van der Waals surface area contributed by atoms with Crippen LogP contribution in [0.25, 0.3) is 0 Å². The fourth-order valence-corrected chi connectivity index (χ4v) is 3.21. The normalized spacial score (nSPS) is 10.7. The number of nitrogens with one attached hydrogen (secondary N) is 3. The number of carbonyl (C=O) groups excluding carboxylic acids is 2. The first-order chi connectivity index (χ1) is 11.3. The second kappa shape index (κ2) is 9.05. The van der Waals surface area contributed by atoms with Gasteiger partial charge in [0.05, 0.1) is 18.0 Å². The molecule has 1 aromatic rings.